The first-order valence-electron chi connectivity index (χ1n) is 14.3. The Labute approximate surface area is 262 Å². The van der Waals surface area contributed by atoms with E-state index in [2.05, 4.69) is 22.3 Å². The summed E-state index contributed by atoms with van der Waals surface area (Å²) < 4.78 is 6.33. The van der Waals surface area contributed by atoms with Crippen LogP contribution in [-0.4, -0.2) is 60.4 Å². The second-order valence-electron chi connectivity index (χ2n) is 11.4. The van der Waals surface area contributed by atoms with Crippen LogP contribution < -0.4 is 10.1 Å². The van der Waals surface area contributed by atoms with Crippen molar-refractivity contribution < 1.29 is 14.3 Å². The van der Waals surface area contributed by atoms with Crippen LogP contribution in [-0.2, 0) is 15.1 Å². The second kappa shape index (κ2) is 13.3. The molecule has 3 aromatic rings. The molecule has 5 rings (SSSR count). The van der Waals surface area contributed by atoms with Gasteiger partial charge in [0.2, 0.25) is 11.8 Å². The van der Waals surface area contributed by atoms with Crippen molar-refractivity contribution in [3.05, 3.63) is 99.0 Å². The average molecular weight is 629 g/mol. The van der Waals surface area contributed by atoms with Crippen molar-refractivity contribution in [3.63, 3.8) is 0 Å². The van der Waals surface area contributed by atoms with Gasteiger partial charge in [-0.15, -0.1) is 0 Å². The summed E-state index contributed by atoms with van der Waals surface area (Å²) in [6.07, 6.45) is 1.32. The fourth-order valence-corrected chi connectivity index (χ4v) is 6.82. The summed E-state index contributed by atoms with van der Waals surface area (Å²) >= 11 is 18.7. The fourth-order valence-electron chi connectivity index (χ4n) is 6.38. The molecule has 0 radical (unpaired) electrons. The fraction of sp³-hybridized carbons (Fsp3) is 0.394. The van der Waals surface area contributed by atoms with Crippen LogP contribution in [0.15, 0.2) is 72.8 Å². The molecule has 2 amide bonds. The van der Waals surface area contributed by atoms with Gasteiger partial charge in [-0.25, -0.2) is 0 Å². The highest BCUT2D eigenvalue weighted by atomic mass is 35.5. The Morgan fingerprint density at radius 3 is 2.29 bits per heavy atom. The maximum absolute atomic E-state index is 13.7. The topological polar surface area (TPSA) is 61.9 Å². The molecule has 1 N–H and O–H groups in total. The molecule has 0 aromatic heterocycles. The SMILES string of the molecule is CC(=O)NC1(c2ccccc2)CCN(CC(=O)N2C[C@@H]([C@@H](C)Oc3ccc(Cl)cc3)[C@H](c3ccc(Cl)c(Cl)c3)C2)CC1. The molecule has 0 unspecified atom stereocenters. The summed E-state index contributed by atoms with van der Waals surface area (Å²) in [6.45, 7) is 6.52. The standard InChI is InChI=1S/C33H36Cl3N3O3/c1-22(42-27-11-9-26(34)10-12-27)28-19-39(20-29(28)24-8-13-30(35)31(36)18-24)32(41)21-38-16-14-33(15-17-38,37-23(2)40)25-6-4-3-5-7-25/h3-13,18,22,28-29H,14-17,19-21H2,1-2H3,(H,37,40)/t22-,28+,29+/m1/s1. The Kier molecular flexibility index (Phi) is 9.68. The Hall–Kier alpha value is -2.77. The number of rotatable bonds is 8. The molecule has 3 atom stereocenters. The number of benzene rings is 3. The van der Waals surface area contributed by atoms with Crippen LogP contribution in [0.4, 0.5) is 0 Å². The Morgan fingerprint density at radius 1 is 0.952 bits per heavy atom. The highest BCUT2D eigenvalue weighted by Gasteiger charge is 2.42. The van der Waals surface area contributed by atoms with Gasteiger partial charge in [-0.2, -0.15) is 0 Å². The summed E-state index contributed by atoms with van der Waals surface area (Å²) in [6, 6.07) is 23.2. The number of halogens is 3. The number of hydrogen-bond acceptors (Lipinski definition) is 4. The zero-order valence-corrected chi connectivity index (χ0v) is 26.1. The lowest BCUT2D eigenvalue weighted by atomic mass is 9.80. The first-order chi connectivity index (χ1) is 20.1. The molecule has 0 aliphatic carbocycles. The lowest BCUT2D eigenvalue weighted by Crippen LogP contribution is -2.54. The summed E-state index contributed by atoms with van der Waals surface area (Å²) in [7, 11) is 0. The molecule has 3 aromatic carbocycles. The van der Waals surface area contributed by atoms with Crippen molar-refractivity contribution in [2.45, 2.75) is 44.2 Å². The quantitative estimate of drug-likeness (QED) is 0.299. The van der Waals surface area contributed by atoms with Crippen molar-refractivity contribution in [2.24, 2.45) is 5.92 Å². The minimum atomic E-state index is -0.418. The van der Waals surface area contributed by atoms with E-state index in [0.29, 0.717) is 47.8 Å². The number of nitrogens with zero attached hydrogens (tertiary/aromatic N) is 2. The molecule has 222 valence electrons. The number of amides is 2. The molecule has 6 nitrogen and oxygen atoms in total. The van der Waals surface area contributed by atoms with E-state index in [-0.39, 0.29) is 29.8 Å². The minimum Gasteiger partial charge on any atom is -0.490 e. The van der Waals surface area contributed by atoms with Crippen LogP contribution in [0.25, 0.3) is 0 Å². The number of nitrogens with one attached hydrogen (secondary N) is 1. The van der Waals surface area contributed by atoms with Crippen molar-refractivity contribution in [1.82, 2.24) is 15.1 Å². The highest BCUT2D eigenvalue weighted by Crippen LogP contribution is 2.39. The monoisotopic (exact) mass is 627 g/mol. The van der Waals surface area contributed by atoms with E-state index < -0.39 is 5.54 Å². The van der Waals surface area contributed by atoms with E-state index in [9.17, 15) is 9.59 Å². The molecular formula is C33H36Cl3N3O3. The summed E-state index contributed by atoms with van der Waals surface area (Å²) in [4.78, 5) is 30.0. The van der Waals surface area contributed by atoms with Crippen LogP contribution in [0, 0.1) is 5.92 Å². The van der Waals surface area contributed by atoms with Gasteiger partial charge in [0.1, 0.15) is 11.9 Å². The van der Waals surface area contributed by atoms with Crippen molar-refractivity contribution >= 4 is 46.6 Å². The zero-order valence-electron chi connectivity index (χ0n) is 23.9. The normalized spacial score (nSPS) is 21.1. The first kappa shape index (κ1) is 30.7. The lowest BCUT2D eigenvalue weighted by molar-refractivity contribution is -0.132. The third-order valence-electron chi connectivity index (χ3n) is 8.64. The summed E-state index contributed by atoms with van der Waals surface area (Å²) in [5.74, 6) is 0.869. The molecule has 0 saturated carbocycles. The predicted molar refractivity (Wildman–Crippen MR) is 168 cm³/mol. The molecule has 2 aliphatic rings. The summed E-state index contributed by atoms with van der Waals surface area (Å²) in [5, 5.41) is 4.86. The van der Waals surface area contributed by atoms with Gasteiger partial charge in [-0.05, 0) is 67.3 Å². The van der Waals surface area contributed by atoms with Crippen molar-refractivity contribution in [1.29, 1.82) is 0 Å². The average Bonchev–Trinajstić information content (AvgIpc) is 3.43. The largest absolute Gasteiger partial charge is 0.490 e. The van der Waals surface area contributed by atoms with Gasteiger partial charge in [0.05, 0.1) is 22.1 Å². The van der Waals surface area contributed by atoms with E-state index in [1.54, 1.807) is 6.92 Å². The number of piperidine rings is 1. The van der Waals surface area contributed by atoms with Gasteiger partial charge < -0.3 is 15.0 Å². The maximum atomic E-state index is 13.7. The van der Waals surface area contributed by atoms with Gasteiger partial charge in [-0.3, -0.25) is 14.5 Å². The van der Waals surface area contributed by atoms with Crippen LogP contribution in [0.5, 0.6) is 5.75 Å². The zero-order chi connectivity index (χ0) is 29.9. The smallest absolute Gasteiger partial charge is 0.236 e. The molecule has 2 aliphatic heterocycles. The first-order valence-corrected chi connectivity index (χ1v) is 15.5. The van der Waals surface area contributed by atoms with Crippen LogP contribution in [0.1, 0.15) is 43.7 Å². The molecule has 42 heavy (non-hydrogen) atoms. The molecule has 9 heteroatoms. The number of hydrogen-bond donors (Lipinski definition) is 1. The number of carbonyl (C=O) groups is 2. The Balaban J connectivity index is 1.28. The maximum Gasteiger partial charge on any atom is 0.236 e. The molecular weight excluding hydrogens is 593 g/mol. The van der Waals surface area contributed by atoms with Gasteiger partial charge in [0.25, 0.3) is 0 Å². The third kappa shape index (κ3) is 7.05. The Bertz CT molecular complexity index is 1390. The van der Waals surface area contributed by atoms with Crippen molar-refractivity contribution in [3.8, 4) is 5.75 Å². The predicted octanol–water partition coefficient (Wildman–Crippen LogP) is 6.78. The van der Waals surface area contributed by atoms with E-state index in [1.807, 2.05) is 72.5 Å². The second-order valence-corrected chi connectivity index (χ2v) is 12.7. The van der Waals surface area contributed by atoms with Crippen LogP contribution in [0.2, 0.25) is 15.1 Å². The Morgan fingerprint density at radius 2 is 1.64 bits per heavy atom. The van der Waals surface area contributed by atoms with E-state index in [4.69, 9.17) is 39.5 Å². The van der Waals surface area contributed by atoms with Gasteiger partial charge in [0.15, 0.2) is 0 Å². The van der Waals surface area contributed by atoms with Gasteiger partial charge in [0, 0.05) is 50.0 Å². The number of likely N-dealkylation sites (tertiary alicyclic amines) is 2. The van der Waals surface area contributed by atoms with Gasteiger partial charge in [-0.1, -0.05) is 71.2 Å². The van der Waals surface area contributed by atoms with E-state index in [1.165, 1.54) is 0 Å². The minimum absolute atomic E-state index is 0.0397. The number of carbonyl (C=O) groups excluding carboxylic acids is 2. The van der Waals surface area contributed by atoms with Gasteiger partial charge >= 0.3 is 0 Å². The number of ether oxygens (including phenoxy) is 1. The molecule has 2 heterocycles. The van der Waals surface area contributed by atoms with E-state index >= 15 is 0 Å². The molecule has 0 spiro atoms. The third-order valence-corrected chi connectivity index (χ3v) is 9.63. The molecule has 2 fully saturated rings. The lowest BCUT2D eigenvalue weighted by Gasteiger charge is -2.42. The highest BCUT2D eigenvalue weighted by molar-refractivity contribution is 6.42. The van der Waals surface area contributed by atoms with Crippen LogP contribution >= 0.6 is 34.8 Å². The molecule has 0 bridgehead atoms. The van der Waals surface area contributed by atoms with Crippen LogP contribution in [0.3, 0.4) is 0 Å². The van der Waals surface area contributed by atoms with Crippen molar-refractivity contribution in [2.75, 3.05) is 32.7 Å². The molecule has 2 saturated heterocycles. The van der Waals surface area contributed by atoms with E-state index in [0.717, 1.165) is 29.7 Å². The summed E-state index contributed by atoms with van der Waals surface area (Å²) in [5.41, 5.74) is 1.73.